The number of rotatable bonds is 4. The van der Waals surface area contributed by atoms with Crippen LogP contribution in [0.3, 0.4) is 0 Å². The second-order valence-corrected chi connectivity index (χ2v) is 5.69. The van der Waals surface area contributed by atoms with Gasteiger partial charge in [0.05, 0.1) is 7.11 Å². The fourth-order valence-corrected chi connectivity index (χ4v) is 2.45. The standard InChI is InChI=1S/C17H22NO2/c1-12(2)9-14-7-8-17(19,13(3)10-14)15-5-6-16(20-4)18-11-15/h5-8,10-13,19H,3,9H2,1-2,4H3. The second kappa shape index (κ2) is 5.80. The minimum atomic E-state index is -1.10. The van der Waals surface area contributed by atoms with Crippen LogP contribution in [0, 0.1) is 18.8 Å². The van der Waals surface area contributed by atoms with Crippen molar-refractivity contribution < 1.29 is 9.84 Å². The van der Waals surface area contributed by atoms with E-state index in [4.69, 9.17) is 4.74 Å². The fourth-order valence-electron chi connectivity index (χ4n) is 2.45. The van der Waals surface area contributed by atoms with Gasteiger partial charge in [-0.05, 0) is 31.4 Å². The Kier molecular flexibility index (Phi) is 4.29. The van der Waals surface area contributed by atoms with Gasteiger partial charge >= 0.3 is 0 Å². The highest BCUT2D eigenvalue weighted by Gasteiger charge is 2.34. The Morgan fingerprint density at radius 1 is 1.45 bits per heavy atom. The van der Waals surface area contributed by atoms with Crippen LogP contribution in [0.2, 0.25) is 0 Å². The molecule has 2 unspecified atom stereocenters. The first-order valence-corrected chi connectivity index (χ1v) is 6.91. The zero-order valence-corrected chi connectivity index (χ0v) is 12.3. The van der Waals surface area contributed by atoms with E-state index in [1.807, 2.05) is 24.3 Å². The average molecular weight is 272 g/mol. The van der Waals surface area contributed by atoms with Crippen LogP contribution in [-0.2, 0) is 5.60 Å². The predicted octanol–water partition coefficient (Wildman–Crippen LogP) is 3.27. The van der Waals surface area contributed by atoms with E-state index in [0.717, 1.165) is 12.0 Å². The quantitative estimate of drug-likeness (QED) is 0.914. The van der Waals surface area contributed by atoms with E-state index >= 15 is 0 Å². The maximum absolute atomic E-state index is 10.9. The van der Waals surface area contributed by atoms with Gasteiger partial charge in [-0.25, -0.2) is 4.98 Å². The monoisotopic (exact) mass is 272 g/mol. The number of ether oxygens (including phenoxy) is 1. The first-order valence-electron chi connectivity index (χ1n) is 6.91. The molecule has 1 radical (unpaired) electrons. The van der Waals surface area contributed by atoms with Gasteiger partial charge in [-0.2, -0.15) is 0 Å². The summed E-state index contributed by atoms with van der Waals surface area (Å²) in [6.07, 6.45) is 8.50. The number of hydrogen-bond acceptors (Lipinski definition) is 3. The predicted molar refractivity (Wildman–Crippen MR) is 80.2 cm³/mol. The largest absolute Gasteiger partial charge is 0.481 e. The Labute approximate surface area is 121 Å². The number of allylic oxidation sites excluding steroid dienone is 2. The van der Waals surface area contributed by atoms with Gasteiger partial charge in [0.15, 0.2) is 0 Å². The molecule has 20 heavy (non-hydrogen) atoms. The van der Waals surface area contributed by atoms with Crippen molar-refractivity contribution in [3.8, 4) is 5.88 Å². The van der Waals surface area contributed by atoms with Crippen molar-refractivity contribution >= 4 is 0 Å². The van der Waals surface area contributed by atoms with E-state index < -0.39 is 5.60 Å². The van der Waals surface area contributed by atoms with E-state index in [-0.39, 0.29) is 5.92 Å². The molecule has 0 spiro atoms. The van der Waals surface area contributed by atoms with Gasteiger partial charge in [0, 0.05) is 23.7 Å². The Balaban J connectivity index is 2.23. The molecule has 0 bridgehead atoms. The third kappa shape index (κ3) is 2.93. The van der Waals surface area contributed by atoms with Crippen LogP contribution in [0.1, 0.15) is 25.8 Å². The first kappa shape index (κ1) is 14.8. The van der Waals surface area contributed by atoms with Crippen LogP contribution in [0.5, 0.6) is 5.88 Å². The van der Waals surface area contributed by atoms with Crippen molar-refractivity contribution in [2.45, 2.75) is 25.9 Å². The maximum Gasteiger partial charge on any atom is 0.212 e. The summed E-state index contributed by atoms with van der Waals surface area (Å²) < 4.78 is 5.04. The Hall–Kier alpha value is -1.61. The van der Waals surface area contributed by atoms with E-state index in [1.165, 1.54) is 5.57 Å². The molecule has 1 aliphatic rings. The van der Waals surface area contributed by atoms with Crippen LogP contribution in [0.25, 0.3) is 0 Å². The summed E-state index contributed by atoms with van der Waals surface area (Å²) >= 11 is 0. The van der Waals surface area contributed by atoms with E-state index in [9.17, 15) is 5.11 Å². The van der Waals surface area contributed by atoms with Gasteiger partial charge in [-0.3, -0.25) is 0 Å². The summed E-state index contributed by atoms with van der Waals surface area (Å²) in [4.78, 5) is 4.15. The van der Waals surface area contributed by atoms with Crippen molar-refractivity contribution in [2.75, 3.05) is 7.11 Å². The molecular formula is C17H22NO2. The summed E-state index contributed by atoms with van der Waals surface area (Å²) in [7, 11) is 1.57. The van der Waals surface area contributed by atoms with Crippen LogP contribution in [0.4, 0.5) is 0 Å². The van der Waals surface area contributed by atoms with Gasteiger partial charge in [-0.15, -0.1) is 0 Å². The summed E-state index contributed by atoms with van der Waals surface area (Å²) in [6.45, 7) is 8.45. The summed E-state index contributed by atoms with van der Waals surface area (Å²) in [6, 6.07) is 3.58. The average Bonchev–Trinajstić information content (AvgIpc) is 2.42. The summed E-state index contributed by atoms with van der Waals surface area (Å²) in [5.74, 6) is 0.900. The normalized spacial score (nSPS) is 25.7. The summed E-state index contributed by atoms with van der Waals surface area (Å²) in [5.41, 5.74) is 0.861. The lowest BCUT2D eigenvalue weighted by atomic mass is 9.77. The summed E-state index contributed by atoms with van der Waals surface area (Å²) in [5, 5.41) is 10.9. The van der Waals surface area contributed by atoms with Crippen molar-refractivity contribution in [3.63, 3.8) is 0 Å². The molecule has 0 aromatic carbocycles. The smallest absolute Gasteiger partial charge is 0.212 e. The number of aliphatic hydroxyl groups is 1. The number of pyridine rings is 1. The van der Waals surface area contributed by atoms with Crippen LogP contribution in [-0.4, -0.2) is 17.2 Å². The number of hydrogen-bond donors (Lipinski definition) is 1. The van der Waals surface area contributed by atoms with Crippen LogP contribution < -0.4 is 4.74 Å². The minimum Gasteiger partial charge on any atom is -0.481 e. The molecule has 3 heteroatoms. The van der Waals surface area contributed by atoms with Gasteiger partial charge in [-0.1, -0.05) is 31.6 Å². The molecule has 1 heterocycles. The molecule has 0 saturated heterocycles. The molecule has 1 aliphatic carbocycles. The zero-order chi connectivity index (χ0) is 14.8. The fraction of sp³-hybridized carbons (Fsp3) is 0.412. The molecule has 1 N–H and O–H groups in total. The molecule has 1 aromatic rings. The third-order valence-electron chi connectivity index (χ3n) is 3.58. The van der Waals surface area contributed by atoms with Gasteiger partial charge in [0.2, 0.25) is 5.88 Å². The molecule has 2 atom stereocenters. The maximum atomic E-state index is 10.9. The Bertz CT molecular complexity index is 516. The van der Waals surface area contributed by atoms with Crippen molar-refractivity contribution in [1.82, 2.24) is 4.98 Å². The molecule has 1 aromatic heterocycles. The molecular weight excluding hydrogens is 250 g/mol. The highest BCUT2D eigenvalue weighted by atomic mass is 16.5. The van der Waals surface area contributed by atoms with Gasteiger partial charge in [0.25, 0.3) is 0 Å². The second-order valence-electron chi connectivity index (χ2n) is 5.69. The number of nitrogens with zero attached hydrogens (tertiary/aromatic N) is 1. The highest BCUT2D eigenvalue weighted by molar-refractivity contribution is 5.38. The van der Waals surface area contributed by atoms with Crippen molar-refractivity contribution in [3.05, 3.63) is 54.6 Å². The minimum absolute atomic E-state index is 0.226. The van der Waals surface area contributed by atoms with E-state index in [1.54, 1.807) is 19.4 Å². The topological polar surface area (TPSA) is 42.4 Å². The van der Waals surface area contributed by atoms with Crippen LogP contribution >= 0.6 is 0 Å². The molecule has 0 amide bonds. The molecule has 107 valence electrons. The molecule has 3 nitrogen and oxygen atoms in total. The highest BCUT2D eigenvalue weighted by Crippen LogP contribution is 2.37. The number of methoxy groups -OCH3 is 1. The third-order valence-corrected chi connectivity index (χ3v) is 3.58. The van der Waals surface area contributed by atoms with Gasteiger partial charge < -0.3 is 9.84 Å². The van der Waals surface area contributed by atoms with Crippen LogP contribution in [0.15, 0.2) is 42.1 Å². The first-order chi connectivity index (χ1) is 9.45. The molecule has 2 rings (SSSR count). The van der Waals surface area contributed by atoms with E-state index in [2.05, 4.69) is 25.8 Å². The van der Waals surface area contributed by atoms with Crippen molar-refractivity contribution in [1.29, 1.82) is 0 Å². The number of aromatic nitrogens is 1. The van der Waals surface area contributed by atoms with Gasteiger partial charge in [0.1, 0.15) is 5.60 Å². The molecule has 0 fully saturated rings. The SMILES string of the molecule is [CH2]C1C=C(CC(C)C)C=CC1(O)c1ccc(OC)nc1. The molecule has 0 aliphatic heterocycles. The lowest BCUT2D eigenvalue weighted by Gasteiger charge is -2.33. The Morgan fingerprint density at radius 2 is 2.20 bits per heavy atom. The lowest BCUT2D eigenvalue weighted by Crippen LogP contribution is -2.32. The molecule has 0 saturated carbocycles. The Morgan fingerprint density at radius 3 is 2.70 bits per heavy atom. The van der Waals surface area contributed by atoms with Crippen molar-refractivity contribution in [2.24, 2.45) is 11.8 Å². The van der Waals surface area contributed by atoms with E-state index in [0.29, 0.717) is 11.8 Å². The lowest BCUT2D eigenvalue weighted by molar-refractivity contribution is 0.0589. The zero-order valence-electron chi connectivity index (χ0n) is 12.3.